The quantitative estimate of drug-likeness (QED) is 0.654. The summed E-state index contributed by atoms with van der Waals surface area (Å²) in [5, 5.41) is 2.59. The fourth-order valence-electron chi connectivity index (χ4n) is 1.40. The number of carbonyl (C=O) groups excluding carboxylic acids is 2. The maximum Gasteiger partial charge on any atom is 0.310 e. The molecule has 4 nitrogen and oxygen atoms in total. The van der Waals surface area contributed by atoms with Gasteiger partial charge in [-0.3, -0.25) is 9.59 Å². The second-order valence-electron chi connectivity index (χ2n) is 3.89. The molecule has 0 unspecified atom stereocenters. The molecule has 1 N–H and O–H groups in total. The predicted octanol–water partition coefficient (Wildman–Crippen LogP) is 1.28. The maximum absolute atomic E-state index is 11.3. The van der Waals surface area contributed by atoms with E-state index < -0.39 is 0 Å². The molecule has 0 heterocycles. The monoisotopic (exact) mass is 259 g/mol. The summed E-state index contributed by atoms with van der Waals surface area (Å²) in [5.74, 6) is 5.44. The van der Waals surface area contributed by atoms with Gasteiger partial charge < -0.3 is 10.1 Å². The van der Waals surface area contributed by atoms with Crippen molar-refractivity contribution in [1.29, 1.82) is 0 Å². The third kappa shape index (κ3) is 6.27. The van der Waals surface area contributed by atoms with Gasteiger partial charge in [0.2, 0.25) is 5.91 Å². The lowest BCUT2D eigenvalue weighted by Gasteiger charge is -2.01. The van der Waals surface area contributed by atoms with Crippen LogP contribution in [0.2, 0.25) is 0 Å². The molecule has 0 spiro atoms. The number of ether oxygens (including phenoxy) is 1. The second-order valence-corrected chi connectivity index (χ2v) is 3.89. The maximum atomic E-state index is 11.3. The van der Waals surface area contributed by atoms with Crippen LogP contribution in [0.3, 0.4) is 0 Å². The molecule has 1 aromatic rings. The third-order valence-corrected chi connectivity index (χ3v) is 2.27. The van der Waals surface area contributed by atoms with Crippen molar-refractivity contribution < 1.29 is 14.3 Å². The molecule has 4 heteroatoms. The van der Waals surface area contributed by atoms with Gasteiger partial charge in [0, 0.05) is 12.5 Å². The van der Waals surface area contributed by atoms with Crippen molar-refractivity contribution in [2.45, 2.75) is 20.3 Å². The Balaban J connectivity index is 2.51. The van der Waals surface area contributed by atoms with Crippen LogP contribution in [0.4, 0.5) is 0 Å². The Labute approximate surface area is 113 Å². The van der Waals surface area contributed by atoms with E-state index >= 15 is 0 Å². The SMILES string of the molecule is CCOC(=O)Cc1ccc(C#CCNC(C)=O)cc1. The van der Waals surface area contributed by atoms with E-state index in [-0.39, 0.29) is 18.3 Å². The van der Waals surface area contributed by atoms with Gasteiger partial charge in [0.1, 0.15) is 0 Å². The van der Waals surface area contributed by atoms with E-state index in [0.29, 0.717) is 13.2 Å². The number of amides is 1. The zero-order chi connectivity index (χ0) is 14.1. The van der Waals surface area contributed by atoms with Gasteiger partial charge in [-0.15, -0.1) is 0 Å². The molecule has 0 saturated carbocycles. The molecule has 1 rings (SSSR count). The fraction of sp³-hybridized carbons (Fsp3) is 0.333. The number of hydrogen-bond acceptors (Lipinski definition) is 3. The zero-order valence-corrected chi connectivity index (χ0v) is 11.2. The second kappa shape index (κ2) is 7.93. The highest BCUT2D eigenvalue weighted by atomic mass is 16.5. The minimum absolute atomic E-state index is 0.0981. The summed E-state index contributed by atoms with van der Waals surface area (Å²) in [5.41, 5.74) is 1.74. The summed E-state index contributed by atoms with van der Waals surface area (Å²) in [6.07, 6.45) is 0.271. The molecule has 0 fully saturated rings. The molecular weight excluding hydrogens is 242 g/mol. The van der Waals surface area contributed by atoms with E-state index in [1.807, 2.05) is 24.3 Å². The van der Waals surface area contributed by atoms with Gasteiger partial charge in [-0.05, 0) is 24.6 Å². The van der Waals surface area contributed by atoms with Crippen LogP contribution < -0.4 is 5.32 Å². The number of esters is 1. The zero-order valence-electron chi connectivity index (χ0n) is 11.2. The van der Waals surface area contributed by atoms with Crippen LogP contribution in [0.15, 0.2) is 24.3 Å². The first kappa shape index (κ1) is 14.8. The number of carbonyl (C=O) groups is 2. The van der Waals surface area contributed by atoms with Gasteiger partial charge in [-0.1, -0.05) is 24.0 Å². The summed E-state index contributed by atoms with van der Waals surface area (Å²) in [7, 11) is 0. The highest BCUT2D eigenvalue weighted by Crippen LogP contribution is 2.05. The van der Waals surface area contributed by atoms with Gasteiger partial charge >= 0.3 is 5.97 Å². The fourth-order valence-corrected chi connectivity index (χ4v) is 1.40. The molecule has 19 heavy (non-hydrogen) atoms. The predicted molar refractivity (Wildman–Crippen MR) is 72.3 cm³/mol. The number of rotatable bonds is 4. The van der Waals surface area contributed by atoms with Crippen LogP contribution in [-0.4, -0.2) is 25.0 Å². The summed E-state index contributed by atoms with van der Waals surface area (Å²) in [4.78, 5) is 21.9. The Kier molecular flexibility index (Phi) is 6.17. The highest BCUT2D eigenvalue weighted by Gasteiger charge is 2.02. The van der Waals surface area contributed by atoms with E-state index in [9.17, 15) is 9.59 Å². The van der Waals surface area contributed by atoms with Gasteiger partial charge in [-0.25, -0.2) is 0 Å². The first-order chi connectivity index (χ1) is 9.11. The minimum atomic E-state index is -0.230. The lowest BCUT2D eigenvalue weighted by atomic mass is 10.1. The summed E-state index contributed by atoms with van der Waals surface area (Å²) >= 11 is 0. The molecular formula is C15H17NO3. The van der Waals surface area contributed by atoms with Crippen LogP contribution in [-0.2, 0) is 20.7 Å². The summed E-state index contributed by atoms with van der Waals surface area (Å²) in [6.45, 7) is 3.96. The molecule has 0 aliphatic carbocycles. The first-order valence-corrected chi connectivity index (χ1v) is 6.09. The van der Waals surface area contributed by atoms with Gasteiger partial charge in [0.05, 0.1) is 19.6 Å². The van der Waals surface area contributed by atoms with Crippen LogP contribution in [0.1, 0.15) is 25.0 Å². The van der Waals surface area contributed by atoms with Crippen molar-refractivity contribution >= 4 is 11.9 Å². The largest absolute Gasteiger partial charge is 0.466 e. The normalized spacial score (nSPS) is 9.16. The van der Waals surface area contributed by atoms with Crippen molar-refractivity contribution in [3.63, 3.8) is 0 Å². The van der Waals surface area contributed by atoms with Crippen molar-refractivity contribution in [3.05, 3.63) is 35.4 Å². The van der Waals surface area contributed by atoms with E-state index in [0.717, 1.165) is 11.1 Å². The molecule has 0 aromatic heterocycles. The van der Waals surface area contributed by atoms with Gasteiger partial charge in [0.25, 0.3) is 0 Å². The average molecular weight is 259 g/mol. The van der Waals surface area contributed by atoms with E-state index in [2.05, 4.69) is 17.2 Å². The van der Waals surface area contributed by atoms with Gasteiger partial charge in [-0.2, -0.15) is 0 Å². The molecule has 100 valence electrons. The van der Waals surface area contributed by atoms with Crippen LogP contribution in [0.25, 0.3) is 0 Å². The average Bonchev–Trinajstić information content (AvgIpc) is 2.36. The lowest BCUT2D eigenvalue weighted by molar-refractivity contribution is -0.142. The van der Waals surface area contributed by atoms with Crippen LogP contribution >= 0.6 is 0 Å². The highest BCUT2D eigenvalue weighted by molar-refractivity contribution is 5.73. The summed E-state index contributed by atoms with van der Waals surface area (Å²) in [6, 6.07) is 7.38. The molecule has 0 saturated heterocycles. The lowest BCUT2D eigenvalue weighted by Crippen LogP contribution is -2.19. The van der Waals surface area contributed by atoms with Crippen molar-refractivity contribution in [2.75, 3.05) is 13.2 Å². The van der Waals surface area contributed by atoms with E-state index in [1.165, 1.54) is 6.92 Å². The Morgan fingerprint density at radius 1 is 1.26 bits per heavy atom. The van der Waals surface area contributed by atoms with Crippen molar-refractivity contribution in [1.82, 2.24) is 5.32 Å². The minimum Gasteiger partial charge on any atom is -0.466 e. The smallest absolute Gasteiger partial charge is 0.310 e. The van der Waals surface area contributed by atoms with Crippen molar-refractivity contribution in [2.24, 2.45) is 0 Å². The van der Waals surface area contributed by atoms with E-state index in [4.69, 9.17) is 4.74 Å². The Hall–Kier alpha value is -2.28. The molecule has 0 aliphatic rings. The van der Waals surface area contributed by atoms with E-state index in [1.54, 1.807) is 6.92 Å². The third-order valence-electron chi connectivity index (χ3n) is 2.27. The Morgan fingerprint density at radius 2 is 1.95 bits per heavy atom. The number of benzene rings is 1. The number of hydrogen-bond donors (Lipinski definition) is 1. The molecule has 1 amide bonds. The van der Waals surface area contributed by atoms with Crippen LogP contribution in [0, 0.1) is 11.8 Å². The summed E-state index contributed by atoms with van der Waals surface area (Å²) < 4.78 is 4.87. The first-order valence-electron chi connectivity index (χ1n) is 6.09. The molecule has 0 aliphatic heterocycles. The Bertz CT molecular complexity index is 494. The van der Waals surface area contributed by atoms with Crippen LogP contribution in [0.5, 0.6) is 0 Å². The molecule has 0 atom stereocenters. The van der Waals surface area contributed by atoms with Gasteiger partial charge in [0.15, 0.2) is 0 Å². The topological polar surface area (TPSA) is 55.4 Å². The number of nitrogens with one attached hydrogen (secondary N) is 1. The molecule has 0 radical (unpaired) electrons. The Morgan fingerprint density at radius 3 is 2.53 bits per heavy atom. The standard InChI is InChI=1S/C15H17NO3/c1-3-19-15(18)11-14-8-6-13(7-9-14)5-4-10-16-12(2)17/h6-9H,3,10-11H2,1-2H3,(H,16,17). The van der Waals surface area contributed by atoms with Crippen molar-refractivity contribution in [3.8, 4) is 11.8 Å². The molecule has 1 aromatic carbocycles. The molecule has 0 bridgehead atoms.